The van der Waals surface area contributed by atoms with Crippen molar-refractivity contribution in [1.82, 2.24) is 5.32 Å². The number of hydrogen-bond acceptors (Lipinski definition) is 4. The molecule has 4 nitrogen and oxygen atoms in total. The predicted octanol–water partition coefficient (Wildman–Crippen LogP) is 3.85. The molecule has 0 spiro atoms. The molecule has 0 radical (unpaired) electrons. The molecule has 25 heavy (non-hydrogen) atoms. The van der Waals surface area contributed by atoms with E-state index >= 15 is 0 Å². The van der Waals surface area contributed by atoms with Crippen molar-refractivity contribution in [3.05, 3.63) is 59.7 Å². The molecule has 1 aliphatic carbocycles. The molecule has 1 amide bonds. The van der Waals surface area contributed by atoms with E-state index in [0.29, 0.717) is 5.75 Å². The molecule has 0 heterocycles. The van der Waals surface area contributed by atoms with Gasteiger partial charge in [0.05, 0.1) is 0 Å². The maximum absolute atomic E-state index is 12.2. The molecule has 1 aliphatic rings. The van der Waals surface area contributed by atoms with E-state index in [2.05, 4.69) is 29.6 Å². The molecule has 0 aliphatic heterocycles. The third kappa shape index (κ3) is 3.56. The summed E-state index contributed by atoms with van der Waals surface area (Å²) in [6, 6.07) is 16.4. The molecule has 0 aromatic heterocycles. The molecular formula is C20H21NO3S. The standard InChI is InChI=1S/C20H21NO3S/c1-20(12-22,13-25-2)21-19(23)24-11-18-16-9-5-3-7-14(16)15-8-4-6-10-17(15)18/h3-10,12,18H,11,13H2,1-2H3,(H,21,23)/t20-/m0/s1. The predicted molar refractivity (Wildman–Crippen MR) is 101 cm³/mol. The number of benzene rings is 2. The van der Waals surface area contributed by atoms with Crippen LogP contribution in [-0.2, 0) is 9.53 Å². The number of amides is 1. The van der Waals surface area contributed by atoms with Crippen LogP contribution in [0.2, 0.25) is 0 Å². The maximum Gasteiger partial charge on any atom is 0.407 e. The molecule has 2 aromatic rings. The van der Waals surface area contributed by atoms with Crippen molar-refractivity contribution in [3.8, 4) is 11.1 Å². The van der Waals surface area contributed by atoms with E-state index in [0.717, 1.165) is 6.29 Å². The lowest BCUT2D eigenvalue weighted by molar-refractivity contribution is -0.112. The zero-order valence-electron chi connectivity index (χ0n) is 14.3. The van der Waals surface area contributed by atoms with Crippen molar-refractivity contribution in [2.24, 2.45) is 0 Å². The second kappa shape index (κ2) is 7.31. The van der Waals surface area contributed by atoms with E-state index in [4.69, 9.17) is 4.74 Å². The Kier molecular flexibility index (Phi) is 5.13. The van der Waals surface area contributed by atoms with Crippen LogP contribution in [0.5, 0.6) is 0 Å². The highest BCUT2D eigenvalue weighted by Crippen LogP contribution is 2.44. The molecule has 0 unspecified atom stereocenters. The topological polar surface area (TPSA) is 55.4 Å². The van der Waals surface area contributed by atoms with Crippen molar-refractivity contribution in [1.29, 1.82) is 0 Å². The summed E-state index contributed by atoms with van der Waals surface area (Å²) in [6.45, 7) is 1.94. The highest BCUT2D eigenvalue weighted by molar-refractivity contribution is 7.98. The summed E-state index contributed by atoms with van der Waals surface area (Å²) in [5.41, 5.74) is 3.79. The summed E-state index contributed by atoms with van der Waals surface area (Å²) < 4.78 is 5.47. The number of aldehydes is 1. The number of alkyl carbamates (subject to hydrolysis) is 1. The number of rotatable bonds is 6. The number of nitrogens with one attached hydrogen (secondary N) is 1. The number of hydrogen-bond donors (Lipinski definition) is 1. The fraction of sp³-hybridized carbons (Fsp3) is 0.300. The van der Waals surface area contributed by atoms with Crippen molar-refractivity contribution in [2.75, 3.05) is 18.6 Å². The van der Waals surface area contributed by atoms with Crippen LogP contribution >= 0.6 is 11.8 Å². The molecule has 0 saturated heterocycles. The number of carbonyl (C=O) groups is 2. The Morgan fingerprint density at radius 2 is 1.72 bits per heavy atom. The summed E-state index contributed by atoms with van der Waals surface area (Å²) in [7, 11) is 0. The van der Waals surface area contributed by atoms with Gasteiger partial charge in [0.1, 0.15) is 18.4 Å². The largest absolute Gasteiger partial charge is 0.449 e. The zero-order chi connectivity index (χ0) is 17.9. The van der Waals surface area contributed by atoms with Crippen LogP contribution in [0, 0.1) is 0 Å². The summed E-state index contributed by atoms with van der Waals surface area (Å²) in [4.78, 5) is 23.4. The first-order valence-electron chi connectivity index (χ1n) is 8.16. The summed E-state index contributed by atoms with van der Waals surface area (Å²) in [5.74, 6) is 0.516. The minimum absolute atomic E-state index is 0.0150. The fourth-order valence-corrected chi connectivity index (χ4v) is 4.01. The van der Waals surface area contributed by atoms with Crippen molar-refractivity contribution >= 4 is 24.1 Å². The minimum Gasteiger partial charge on any atom is -0.449 e. The molecule has 3 rings (SSSR count). The number of fused-ring (bicyclic) bond motifs is 3. The number of carbonyl (C=O) groups excluding carboxylic acids is 2. The lowest BCUT2D eigenvalue weighted by Gasteiger charge is -2.24. The van der Waals surface area contributed by atoms with Crippen molar-refractivity contribution < 1.29 is 14.3 Å². The Morgan fingerprint density at radius 3 is 2.24 bits per heavy atom. The Bertz CT molecular complexity index is 747. The van der Waals surface area contributed by atoms with Gasteiger partial charge in [0.25, 0.3) is 0 Å². The Labute approximate surface area is 152 Å². The average Bonchev–Trinajstić information content (AvgIpc) is 2.94. The van der Waals surface area contributed by atoms with E-state index in [1.807, 2.05) is 30.5 Å². The number of thioether (sulfide) groups is 1. The Hall–Kier alpha value is -2.27. The monoisotopic (exact) mass is 355 g/mol. The van der Waals surface area contributed by atoms with Crippen LogP contribution in [0.25, 0.3) is 11.1 Å². The van der Waals surface area contributed by atoms with E-state index in [1.165, 1.54) is 34.0 Å². The van der Waals surface area contributed by atoms with Crippen LogP contribution in [-0.4, -0.2) is 36.5 Å². The molecule has 2 aromatic carbocycles. The molecule has 5 heteroatoms. The summed E-state index contributed by atoms with van der Waals surface area (Å²) in [5, 5.41) is 2.67. The van der Waals surface area contributed by atoms with Crippen molar-refractivity contribution in [2.45, 2.75) is 18.4 Å². The lowest BCUT2D eigenvalue weighted by Crippen LogP contribution is -2.49. The van der Waals surface area contributed by atoms with Gasteiger partial charge in [-0.15, -0.1) is 0 Å². The summed E-state index contributed by atoms with van der Waals surface area (Å²) in [6.07, 6.45) is 2.08. The van der Waals surface area contributed by atoms with Gasteiger partial charge in [-0.25, -0.2) is 4.79 Å². The van der Waals surface area contributed by atoms with E-state index in [-0.39, 0.29) is 12.5 Å². The van der Waals surface area contributed by atoms with Gasteiger partial charge >= 0.3 is 6.09 Å². The molecule has 1 N–H and O–H groups in total. The van der Waals surface area contributed by atoms with E-state index in [9.17, 15) is 9.59 Å². The highest BCUT2D eigenvalue weighted by atomic mass is 32.2. The zero-order valence-corrected chi connectivity index (χ0v) is 15.1. The third-order valence-electron chi connectivity index (χ3n) is 4.44. The van der Waals surface area contributed by atoms with Gasteiger partial charge in [-0.05, 0) is 35.4 Å². The van der Waals surface area contributed by atoms with Gasteiger partial charge in [0.15, 0.2) is 0 Å². The molecule has 130 valence electrons. The van der Waals surface area contributed by atoms with Crippen LogP contribution in [0.3, 0.4) is 0 Å². The first-order valence-corrected chi connectivity index (χ1v) is 9.56. The van der Waals surface area contributed by atoms with Gasteiger partial charge in [0, 0.05) is 11.7 Å². The minimum atomic E-state index is -0.915. The molecular weight excluding hydrogens is 334 g/mol. The Balaban J connectivity index is 1.73. The van der Waals surface area contributed by atoms with Crippen LogP contribution in [0.1, 0.15) is 24.0 Å². The Morgan fingerprint density at radius 1 is 1.16 bits per heavy atom. The first kappa shape index (κ1) is 17.5. The third-order valence-corrected chi connectivity index (χ3v) is 5.32. The fourth-order valence-electron chi connectivity index (χ4n) is 3.27. The second-order valence-electron chi connectivity index (χ2n) is 6.42. The maximum atomic E-state index is 12.2. The smallest absolute Gasteiger partial charge is 0.407 e. The average molecular weight is 355 g/mol. The lowest BCUT2D eigenvalue weighted by atomic mass is 9.98. The van der Waals surface area contributed by atoms with Gasteiger partial charge < -0.3 is 14.8 Å². The van der Waals surface area contributed by atoms with E-state index in [1.54, 1.807) is 6.92 Å². The van der Waals surface area contributed by atoms with Gasteiger partial charge in [-0.2, -0.15) is 11.8 Å². The molecule has 1 atom stereocenters. The summed E-state index contributed by atoms with van der Waals surface area (Å²) >= 11 is 1.50. The molecule has 0 saturated carbocycles. The quantitative estimate of drug-likeness (QED) is 0.800. The van der Waals surface area contributed by atoms with E-state index < -0.39 is 11.6 Å². The van der Waals surface area contributed by atoms with Crippen LogP contribution in [0.4, 0.5) is 4.79 Å². The van der Waals surface area contributed by atoms with Gasteiger partial charge in [-0.3, -0.25) is 0 Å². The van der Waals surface area contributed by atoms with Gasteiger partial charge in [0.2, 0.25) is 0 Å². The normalized spacial score (nSPS) is 15.0. The second-order valence-corrected chi connectivity index (χ2v) is 7.28. The van der Waals surface area contributed by atoms with Crippen LogP contribution in [0.15, 0.2) is 48.5 Å². The SMILES string of the molecule is CSC[C@](C)(C=O)NC(=O)OCC1c2ccccc2-c2ccccc21. The highest BCUT2D eigenvalue weighted by Gasteiger charge is 2.30. The van der Waals surface area contributed by atoms with Gasteiger partial charge in [-0.1, -0.05) is 48.5 Å². The molecule has 0 fully saturated rings. The number of ether oxygens (including phenoxy) is 1. The van der Waals surface area contributed by atoms with Crippen molar-refractivity contribution in [3.63, 3.8) is 0 Å². The van der Waals surface area contributed by atoms with Crippen LogP contribution < -0.4 is 5.32 Å². The first-order chi connectivity index (χ1) is 12.1. The molecule has 0 bridgehead atoms.